The average molecular weight is 561 g/mol. The zero-order chi connectivity index (χ0) is 21.7. The summed E-state index contributed by atoms with van der Waals surface area (Å²) in [5.41, 5.74) is -0.0144. The number of para-hydroxylation sites is 1. The Morgan fingerprint density at radius 3 is 2.48 bits per heavy atom. The van der Waals surface area contributed by atoms with Crippen molar-refractivity contribution in [1.82, 2.24) is 15.5 Å². The maximum Gasteiger partial charge on any atom is 0.401 e. The fourth-order valence-electron chi connectivity index (χ4n) is 4.07. The fourth-order valence-corrected chi connectivity index (χ4v) is 4.07. The van der Waals surface area contributed by atoms with E-state index in [-0.39, 0.29) is 41.6 Å². The molecule has 1 aromatic rings. The molecule has 2 aliphatic rings. The maximum absolute atomic E-state index is 14.0. The number of nitrogens with one attached hydrogen (secondary N) is 2. The second-order valence-corrected chi connectivity index (χ2v) is 7.87. The number of alkyl halides is 3. The molecule has 2 fully saturated rings. The van der Waals surface area contributed by atoms with Gasteiger partial charge in [-0.25, -0.2) is 8.78 Å². The highest BCUT2D eigenvalue weighted by Gasteiger charge is 2.34. The van der Waals surface area contributed by atoms with Crippen molar-refractivity contribution in [3.8, 4) is 0 Å². The third-order valence-electron chi connectivity index (χ3n) is 5.41. The lowest BCUT2D eigenvalue weighted by Crippen LogP contribution is -2.45. The van der Waals surface area contributed by atoms with Crippen molar-refractivity contribution in [2.75, 3.05) is 50.7 Å². The maximum atomic E-state index is 14.0. The van der Waals surface area contributed by atoms with E-state index in [1.807, 2.05) is 6.92 Å². The van der Waals surface area contributed by atoms with Crippen LogP contribution in [0.5, 0.6) is 0 Å². The van der Waals surface area contributed by atoms with E-state index >= 15 is 0 Å². The van der Waals surface area contributed by atoms with Crippen molar-refractivity contribution in [2.45, 2.75) is 32.0 Å². The lowest BCUT2D eigenvalue weighted by molar-refractivity contribution is -0.143. The highest BCUT2D eigenvalue weighted by molar-refractivity contribution is 14.0. The quantitative estimate of drug-likeness (QED) is 0.241. The standard InChI is InChI=1S/C20H28F5N5.HI/c1-2-26-19(27-10-14-6-8-29(11-14)13-20(23,24)25)28-15-7-9-30(12-15)18-16(21)4-3-5-17(18)22;/h3-5,14-15H,2,6-13H2,1H3,(H2,26,27,28);1H. The summed E-state index contributed by atoms with van der Waals surface area (Å²) in [5, 5.41) is 6.43. The van der Waals surface area contributed by atoms with Crippen LogP contribution < -0.4 is 15.5 Å². The van der Waals surface area contributed by atoms with E-state index in [2.05, 4.69) is 15.6 Å². The van der Waals surface area contributed by atoms with Gasteiger partial charge in [-0.05, 0) is 44.4 Å². The second kappa shape index (κ2) is 11.5. The molecule has 3 rings (SSSR count). The predicted octanol–water partition coefficient (Wildman–Crippen LogP) is 3.60. The number of nitrogens with zero attached hydrogens (tertiary/aromatic N) is 3. The van der Waals surface area contributed by atoms with E-state index in [1.54, 1.807) is 4.90 Å². The number of likely N-dealkylation sites (tertiary alicyclic amines) is 1. The van der Waals surface area contributed by atoms with Gasteiger partial charge in [-0.15, -0.1) is 24.0 Å². The zero-order valence-electron chi connectivity index (χ0n) is 17.4. The largest absolute Gasteiger partial charge is 0.401 e. The molecule has 0 aromatic heterocycles. The Kier molecular flexibility index (Phi) is 9.59. The molecular weight excluding hydrogens is 532 g/mol. The second-order valence-electron chi connectivity index (χ2n) is 7.87. The molecule has 1 aromatic carbocycles. The number of benzene rings is 1. The zero-order valence-corrected chi connectivity index (χ0v) is 19.7. The number of aliphatic imine (C=N–C) groups is 1. The molecule has 2 unspecified atom stereocenters. The molecule has 0 aliphatic carbocycles. The molecule has 2 saturated heterocycles. The van der Waals surface area contributed by atoms with Crippen LogP contribution in [0.15, 0.2) is 23.2 Å². The molecule has 0 saturated carbocycles. The molecule has 0 spiro atoms. The first kappa shape index (κ1) is 25.9. The van der Waals surface area contributed by atoms with Gasteiger partial charge >= 0.3 is 6.18 Å². The molecule has 176 valence electrons. The van der Waals surface area contributed by atoms with Crippen molar-refractivity contribution >= 4 is 35.6 Å². The minimum Gasteiger partial charge on any atom is -0.365 e. The first-order chi connectivity index (χ1) is 14.2. The van der Waals surface area contributed by atoms with E-state index in [0.29, 0.717) is 58.1 Å². The summed E-state index contributed by atoms with van der Waals surface area (Å²) < 4.78 is 65.7. The van der Waals surface area contributed by atoms with E-state index < -0.39 is 24.4 Å². The number of hydrogen-bond donors (Lipinski definition) is 2. The topological polar surface area (TPSA) is 42.9 Å². The summed E-state index contributed by atoms with van der Waals surface area (Å²) in [6, 6.07) is 3.80. The normalized spacial score (nSPS) is 22.5. The molecule has 0 bridgehead atoms. The third kappa shape index (κ3) is 7.62. The van der Waals surface area contributed by atoms with Crippen LogP contribution >= 0.6 is 24.0 Å². The summed E-state index contributed by atoms with van der Waals surface area (Å²) in [7, 11) is 0. The predicted molar refractivity (Wildman–Crippen MR) is 122 cm³/mol. The molecule has 2 atom stereocenters. The molecule has 0 radical (unpaired) electrons. The number of halogens is 6. The number of anilines is 1. The van der Waals surface area contributed by atoms with Gasteiger partial charge in [0.05, 0.1) is 6.54 Å². The molecule has 31 heavy (non-hydrogen) atoms. The monoisotopic (exact) mass is 561 g/mol. The van der Waals surface area contributed by atoms with Crippen LogP contribution in [0.4, 0.5) is 27.6 Å². The van der Waals surface area contributed by atoms with E-state index in [4.69, 9.17) is 0 Å². The van der Waals surface area contributed by atoms with Crippen LogP contribution in [-0.2, 0) is 0 Å². The smallest absolute Gasteiger partial charge is 0.365 e. The first-order valence-electron chi connectivity index (χ1n) is 10.3. The number of guanidine groups is 1. The lowest BCUT2D eigenvalue weighted by atomic mass is 10.1. The van der Waals surface area contributed by atoms with Crippen LogP contribution in [0.1, 0.15) is 19.8 Å². The van der Waals surface area contributed by atoms with E-state index in [9.17, 15) is 22.0 Å². The SMILES string of the molecule is CCNC(=NCC1CCN(CC(F)(F)F)C1)NC1CCN(c2c(F)cccc2F)C1.I. The molecule has 0 amide bonds. The Hall–Kier alpha value is -1.37. The van der Waals surface area contributed by atoms with Gasteiger partial charge in [0.1, 0.15) is 17.3 Å². The Labute approximate surface area is 196 Å². The van der Waals surface area contributed by atoms with Gasteiger partial charge < -0.3 is 15.5 Å². The lowest BCUT2D eigenvalue weighted by Gasteiger charge is -2.21. The fraction of sp³-hybridized carbons (Fsp3) is 0.650. The number of rotatable bonds is 6. The van der Waals surface area contributed by atoms with Crippen molar-refractivity contribution in [1.29, 1.82) is 0 Å². The molecular formula is C20H29F5IN5. The minimum atomic E-state index is -4.18. The summed E-state index contributed by atoms with van der Waals surface area (Å²) >= 11 is 0. The minimum absolute atomic E-state index is 0. The highest BCUT2D eigenvalue weighted by atomic mass is 127. The van der Waals surface area contributed by atoms with Crippen LogP contribution in [0.2, 0.25) is 0 Å². The highest BCUT2D eigenvalue weighted by Crippen LogP contribution is 2.27. The van der Waals surface area contributed by atoms with Crippen molar-refractivity contribution in [2.24, 2.45) is 10.9 Å². The average Bonchev–Trinajstić information content (AvgIpc) is 3.28. The Morgan fingerprint density at radius 2 is 1.84 bits per heavy atom. The molecule has 2 aliphatic heterocycles. The molecule has 5 nitrogen and oxygen atoms in total. The van der Waals surface area contributed by atoms with Crippen LogP contribution in [0.3, 0.4) is 0 Å². The Bertz CT molecular complexity index is 725. The van der Waals surface area contributed by atoms with Crippen molar-refractivity contribution in [3.63, 3.8) is 0 Å². The van der Waals surface area contributed by atoms with Crippen LogP contribution in [0.25, 0.3) is 0 Å². The summed E-state index contributed by atoms with van der Waals surface area (Å²) in [6.07, 6.45) is -2.80. The summed E-state index contributed by atoms with van der Waals surface area (Å²) in [6.45, 7) is 3.87. The van der Waals surface area contributed by atoms with Crippen LogP contribution in [-0.4, -0.2) is 68.9 Å². The van der Waals surface area contributed by atoms with Gasteiger partial charge in [-0.3, -0.25) is 9.89 Å². The van der Waals surface area contributed by atoms with Gasteiger partial charge in [0, 0.05) is 38.8 Å². The van der Waals surface area contributed by atoms with Gasteiger partial charge in [-0.2, -0.15) is 13.2 Å². The van der Waals surface area contributed by atoms with Crippen molar-refractivity contribution < 1.29 is 22.0 Å². The van der Waals surface area contributed by atoms with E-state index in [1.165, 1.54) is 23.1 Å². The Balaban J connectivity index is 0.00000341. The number of hydrogen-bond acceptors (Lipinski definition) is 3. The molecule has 11 heteroatoms. The van der Waals surface area contributed by atoms with Crippen LogP contribution in [0, 0.1) is 17.6 Å². The Morgan fingerprint density at radius 1 is 1.13 bits per heavy atom. The first-order valence-corrected chi connectivity index (χ1v) is 10.3. The van der Waals surface area contributed by atoms with Gasteiger partial charge in [0.2, 0.25) is 0 Å². The molecule has 2 N–H and O–H groups in total. The van der Waals surface area contributed by atoms with Gasteiger partial charge in [-0.1, -0.05) is 6.07 Å². The van der Waals surface area contributed by atoms with Crippen molar-refractivity contribution in [3.05, 3.63) is 29.8 Å². The van der Waals surface area contributed by atoms with Gasteiger partial charge in [0.25, 0.3) is 0 Å². The summed E-state index contributed by atoms with van der Waals surface area (Å²) in [5.74, 6) is -0.509. The van der Waals surface area contributed by atoms with E-state index in [0.717, 1.165) is 0 Å². The third-order valence-corrected chi connectivity index (χ3v) is 5.41. The van der Waals surface area contributed by atoms with Gasteiger partial charge in [0.15, 0.2) is 5.96 Å². The summed E-state index contributed by atoms with van der Waals surface area (Å²) in [4.78, 5) is 7.64. The molecule has 2 heterocycles.